The SMILES string of the molecule is Cc1ccc(C(=O)c2cc(F)cc(N)c2F)c(C)c1. The fourth-order valence-electron chi connectivity index (χ4n) is 1.99. The molecule has 0 amide bonds. The topological polar surface area (TPSA) is 43.1 Å². The van der Waals surface area contributed by atoms with Crippen molar-refractivity contribution in [2.45, 2.75) is 13.8 Å². The Hall–Kier alpha value is -2.23. The Morgan fingerprint density at radius 3 is 2.37 bits per heavy atom. The number of ketones is 1. The Labute approximate surface area is 109 Å². The fourth-order valence-corrected chi connectivity index (χ4v) is 1.99. The van der Waals surface area contributed by atoms with Crippen molar-refractivity contribution in [1.82, 2.24) is 0 Å². The summed E-state index contributed by atoms with van der Waals surface area (Å²) in [4.78, 5) is 12.2. The standard InChI is InChI=1S/C15H13F2NO/c1-8-3-4-11(9(2)5-8)15(19)12-6-10(16)7-13(18)14(12)17/h3-7H,18H2,1-2H3. The number of nitrogens with two attached hydrogens (primary N) is 1. The van der Waals surface area contributed by atoms with Gasteiger partial charge in [-0.3, -0.25) is 4.79 Å². The van der Waals surface area contributed by atoms with Crippen molar-refractivity contribution in [1.29, 1.82) is 0 Å². The second kappa shape index (κ2) is 4.80. The Kier molecular flexibility index (Phi) is 3.34. The summed E-state index contributed by atoms with van der Waals surface area (Å²) in [6.45, 7) is 3.64. The molecule has 19 heavy (non-hydrogen) atoms. The van der Waals surface area contributed by atoms with Crippen molar-refractivity contribution in [2.24, 2.45) is 0 Å². The lowest BCUT2D eigenvalue weighted by atomic mass is 9.97. The molecule has 2 aromatic carbocycles. The Balaban J connectivity index is 2.56. The highest BCUT2D eigenvalue weighted by Gasteiger charge is 2.19. The van der Waals surface area contributed by atoms with Crippen molar-refractivity contribution in [3.05, 3.63) is 64.2 Å². The highest BCUT2D eigenvalue weighted by molar-refractivity contribution is 6.10. The maximum absolute atomic E-state index is 13.8. The zero-order valence-electron chi connectivity index (χ0n) is 10.6. The molecule has 0 heterocycles. The Morgan fingerprint density at radius 2 is 1.74 bits per heavy atom. The van der Waals surface area contributed by atoms with Crippen LogP contribution in [0.2, 0.25) is 0 Å². The van der Waals surface area contributed by atoms with Gasteiger partial charge in [0.15, 0.2) is 11.6 Å². The molecule has 2 N–H and O–H groups in total. The van der Waals surface area contributed by atoms with E-state index in [-0.39, 0.29) is 11.3 Å². The number of carbonyl (C=O) groups is 1. The molecule has 0 spiro atoms. The zero-order chi connectivity index (χ0) is 14.2. The van der Waals surface area contributed by atoms with Crippen LogP contribution < -0.4 is 5.73 Å². The number of hydrogen-bond acceptors (Lipinski definition) is 2. The molecule has 4 heteroatoms. The van der Waals surface area contributed by atoms with E-state index in [0.717, 1.165) is 17.7 Å². The molecule has 2 nitrogen and oxygen atoms in total. The van der Waals surface area contributed by atoms with Gasteiger partial charge in [0.2, 0.25) is 0 Å². The van der Waals surface area contributed by atoms with Crippen LogP contribution in [0.3, 0.4) is 0 Å². The largest absolute Gasteiger partial charge is 0.396 e. The first-order chi connectivity index (χ1) is 8.90. The van der Waals surface area contributed by atoms with Crippen molar-refractivity contribution in [3.8, 4) is 0 Å². The molecule has 0 bridgehead atoms. The van der Waals surface area contributed by atoms with Gasteiger partial charge in [-0.2, -0.15) is 0 Å². The zero-order valence-corrected chi connectivity index (χ0v) is 10.6. The lowest BCUT2D eigenvalue weighted by Gasteiger charge is -2.08. The summed E-state index contributed by atoms with van der Waals surface area (Å²) in [5.41, 5.74) is 6.67. The summed E-state index contributed by atoms with van der Waals surface area (Å²) in [5.74, 6) is -2.18. The predicted octanol–water partition coefficient (Wildman–Crippen LogP) is 3.39. The lowest BCUT2D eigenvalue weighted by Crippen LogP contribution is -2.09. The molecular weight excluding hydrogens is 248 g/mol. The normalized spacial score (nSPS) is 10.5. The van der Waals surface area contributed by atoms with Crippen LogP contribution in [0, 0.1) is 25.5 Å². The van der Waals surface area contributed by atoms with Gasteiger partial charge in [-0.15, -0.1) is 0 Å². The second-order valence-corrected chi connectivity index (χ2v) is 4.50. The third-order valence-corrected chi connectivity index (χ3v) is 2.94. The molecule has 0 saturated carbocycles. The molecule has 98 valence electrons. The van der Waals surface area contributed by atoms with Crippen LogP contribution in [0.5, 0.6) is 0 Å². The van der Waals surface area contributed by atoms with Crippen molar-refractivity contribution in [3.63, 3.8) is 0 Å². The lowest BCUT2D eigenvalue weighted by molar-refractivity contribution is 0.103. The van der Waals surface area contributed by atoms with Crippen LogP contribution in [0.15, 0.2) is 30.3 Å². The van der Waals surface area contributed by atoms with Crippen LogP contribution in [0.25, 0.3) is 0 Å². The monoisotopic (exact) mass is 261 g/mol. The average Bonchev–Trinajstić information content (AvgIpc) is 2.33. The number of aryl methyl sites for hydroxylation is 2. The molecular formula is C15H13F2NO. The predicted molar refractivity (Wildman–Crippen MR) is 70.1 cm³/mol. The van der Waals surface area contributed by atoms with E-state index < -0.39 is 17.4 Å². The fraction of sp³-hybridized carbons (Fsp3) is 0.133. The van der Waals surface area contributed by atoms with Crippen LogP contribution in [0.4, 0.5) is 14.5 Å². The minimum absolute atomic E-state index is 0.342. The number of benzene rings is 2. The molecule has 0 unspecified atom stereocenters. The summed E-state index contributed by atoms with van der Waals surface area (Å²) in [5, 5.41) is 0. The molecule has 0 aromatic heterocycles. The van der Waals surface area contributed by atoms with E-state index >= 15 is 0 Å². The molecule has 0 fully saturated rings. The summed E-state index contributed by atoms with van der Waals surface area (Å²) < 4.78 is 27.1. The van der Waals surface area contributed by atoms with Gasteiger partial charge >= 0.3 is 0 Å². The summed E-state index contributed by atoms with van der Waals surface area (Å²) in [7, 11) is 0. The summed E-state index contributed by atoms with van der Waals surface area (Å²) in [6.07, 6.45) is 0. The molecule has 0 aliphatic heterocycles. The van der Waals surface area contributed by atoms with Gasteiger partial charge in [0.25, 0.3) is 0 Å². The van der Waals surface area contributed by atoms with Crippen molar-refractivity contribution >= 4 is 11.5 Å². The molecule has 0 radical (unpaired) electrons. The molecule has 0 aliphatic rings. The molecule has 0 aliphatic carbocycles. The van der Waals surface area contributed by atoms with E-state index in [0.29, 0.717) is 11.1 Å². The highest BCUT2D eigenvalue weighted by Crippen LogP contribution is 2.22. The van der Waals surface area contributed by atoms with Crippen LogP contribution in [0.1, 0.15) is 27.0 Å². The number of nitrogen functional groups attached to an aromatic ring is 1. The van der Waals surface area contributed by atoms with Crippen LogP contribution in [-0.2, 0) is 0 Å². The van der Waals surface area contributed by atoms with Gasteiger partial charge < -0.3 is 5.73 Å². The number of anilines is 1. The molecule has 2 aromatic rings. The summed E-state index contributed by atoms with van der Waals surface area (Å²) >= 11 is 0. The maximum Gasteiger partial charge on any atom is 0.196 e. The number of halogens is 2. The number of carbonyl (C=O) groups excluding carboxylic acids is 1. The first-order valence-corrected chi connectivity index (χ1v) is 5.76. The maximum atomic E-state index is 13.8. The van der Waals surface area contributed by atoms with Crippen molar-refractivity contribution in [2.75, 3.05) is 5.73 Å². The third-order valence-electron chi connectivity index (χ3n) is 2.94. The number of rotatable bonds is 2. The Morgan fingerprint density at radius 1 is 1.05 bits per heavy atom. The highest BCUT2D eigenvalue weighted by atomic mass is 19.1. The average molecular weight is 261 g/mol. The number of hydrogen-bond donors (Lipinski definition) is 1. The van der Waals surface area contributed by atoms with Gasteiger partial charge in [-0.05, 0) is 31.5 Å². The second-order valence-electron chi connectivity index (χ2n) is 4.50. The van der Waals surface area contributed by atoms with Gasteiger partial charge in [0.05, 0.1) is 11.3 Å². The van der Waals surface area contributed by atoms with Crippen LogP contribution in [-0.4, -0.2) is 5.78 Å². The molecule has 2 rings (SSSR count). The molecule has 0 saturated heterocycles. The Bertz CT molecular complexity index is 665. The van der Waals surface area contributed by atoms with Crippen LogP contribution >= 0.6 is 0 Å². The smallest absolute Gasteiger partial charge is 0.196 e. The third kappa shape index (κ3) is 2.47. The van der Waals surface area contributed by atoms with Gasteiger partial charge in [0, 0.05) is 5.56 Å². The van der Waals surface area contributed by atoms with Gasteiger partial charge in [-0.25, -0.2) is 8.78 Å². The van der Waals surface area contributed by atoms with E-state index in [1.165, 1.54) is 0 Å². The van der Waals surface area contributed by atoms with Gasteiger partial charge in [-0.1, -0.05) is 23.8 Å². The minimum Gasteiger partial charge on any atom is -0.396 e. The molecule has 0 atom stereocenters. The van der Waals surface area contributed by atoms with E-state index in [2.05, 4.69) is 0 Å². The summed E-state index contributed by atoms with van der Waals surface area (Å²) in [6, 6.07) is 6.89. The van der Waals surface area contributed by atoms with E-state index in [9.17, 15) is 13.6 Å². The quantitative estimate of drug-likeness (QED) is 0.665. The minimum atomic E-state index is -0.883. The van der Waals surface area contributed by atoms with E-state index in [1.807, 2.05) is 13.0 Å². The van der Waals surface area contributed by atoms with E-state index in [1.54, 1.807) is 19.1 Å². The first kappa shape index (κ1) is 13.2. The van der Waals surface area contributed by atoms with E-state index in [4.69, 9.17) is 5.73 Å². The van der Waals surface area contributed by atoms with Crippen molar-refractivity contribution < 1.29 is 13.6 Å². The first-order valence-electron chi connectivity index (χ1n) is 5.76. The van der Waals surface area contributed by atoms with Gasteiger partial charge in [0.1, 0.15) is 5.82 Å².